The van der Waals surface area contributed by atoms with Crippen molar-refractivity contribution >= 4 is 28.7 Å². The molecule has 0 spiro atoms. The van der Waals surface area contributed by atoms with Crippen LogP contribution < -0.4 is 10.2 Å². The molecular weight excluding hydrogens is 344 g/mol. The van der Waals surface area contributed by atoms with E-state index < -0.39 is 4.92 Å². The number of nitro groups is 1. The van der Waals surface area contributed by atoms with E-state index in [9.17, 15) is 14.9 Å². The Balaban J connectivity index is 1.59. The maximum Gasteiger partial charge on any atom is 0.292 e. The highest BCUT2D eigenvalue weighted by Gasteiger charge is 2.26. The SMILES string of the molecule is O=C(c1cccnc1)N1CCc2cc(Nc3ccccc3[N+](=O)[O-])ccc21. The fourth-order valence-electron chi connectivity index (χ4n) is 3.23. The van der Waals surface area contributed by atoms with E-state index in [1.54, 1.807) is 47.6 Å². The molecule has 2 heterocycles. The first-order valence-corrected chi connectivity index (χ1v) is 8.49. The number of anilines is 3. The topological polar surface area (TPSA) is 88.4 Å². The van der Waals surface area contributed by atoms with Crippen molar-refractivity contribution in [1.29, 1.82) is 0 Å². The maximum atomic E-state index is 12.7. The lowest BCUT2D eigenvalue weighted by molar-refractivity contribution is -0.383. The van der Waals surface area contributed by atoms with E-state index in [1.807, 2.05) is 18.2 Å². The number of nitrogens with one attached hydrogen (secondary N) is 1. The number of hydrogen-bond acceptors (Lipinski definition) is 5. The van der Waals surface area contributed by atoms with Gasteiger partial charge >= 0.3 is 0 Å². The largest absolute Gasteiger partial charge is 0.350 e. The molecule has 1 N–H and O–H groups in total. The lowest BCUT2D eigenvalue weighted by Gasteiger charge is -2.17. The number of benzene rings is 2. The van der Waals surface area contributed by atoms with E-state index in [4.69, 9.17) is 0 Å². The molecule has 27 heavy (non-hydrogen) atoms. The van der Waals surface area contributed by atoms with Crippen molar-refractivity contribution in [3.8, 4) is 0 Å². The molecule has 0 fully saturated rings. The quantitative estimate of drug-likeness (QED) is 0.562. The predicted molar refractivity (Wildman–Crippen MR) is 102 cm³/mol. The molecule has 4 rings (SSSR count). The number of carbonyl (C=O) groups excluding carboxylic acids is 1. The van der Waals surface area contributed by atoms with Gasteiger partial charge in [-0.3, -0.25) is 19.9 Å². The Hall–Kier alpha value is -3.74. The van der Waals surface area contributed by atoms with Crippen LogP contribution in [0.2, 0.25) is 0 Å². The van der Waals surface area contributed by atoms with Gasteiger partial charge < -0.3 is 10.2 Å². The van der Waals surface area contributed by atoms with Crippen LogP contribution in [0.4, 0.5) is 22.7 Å². The minimum atomic E-state index is -0.413. The molecular formula is C20H16N4O3. The number of nitro benzene ring substituents is 1. The molecule has 2 aromatic carbocycles. The summed E-state index contributed by atoms with van der Waals surface area (Å²) in [6.45, 7) is 0.595. The monoisotopic (exact) mass is 360 g/mol. The molecule has 0 aliphatic carbocycles. The van der Waals surface area contributed by atoms with Crippen LogP contribution in [0, 0.1) is 10.1 Å². The van der Waals surface area contributed by atoms with Crippen molar-refractivity contribution in [2.24, 2.45) is 0 Å². The van der Waals surface area contributed by atoms with E-state index in [2.05, 4.69) is 10.3 Å². The van der Waals surface area contributed by atoms with Crippen molar-refractivity contribution in [1.82, 2.24) is 4.98 Å². The van der Waals surface area contributed by atoms with Gasteiger partial charge in [0.15, 0.2) is 0 Å². The molecule has 7 heteroatoms. The molecule has 1 aliphatic heterocycles. The zero-order valence-electron chi connectivity index (χ0n) is 14.3. The third kappa shape index (κ3) is 3.22. The summed E-state index contributed by atoms with van der Waals surface area (Å²) < 4.78 is 0. The van der Waals surface area contributed by atoms with Crippen molar-refractivity contribution in [3.05, 3.63) is 88.2 Å². The summed E-state index contributed by atoms with van der Waals surface area (Å²) in [4.78, 5) is 29.2. The minimum Gasteiger partial charge on any atom is -0.350 e. The van der Waals surface area contributed by atoms with Crippen molar-refractivity contribution in [2.75, 3.05) is 16.8 Å². The maximum absolute atomic E-state index is 12.7. The lowest BCUT2D eigenvalue weighted by atomic mass is 10.1. The number of hydrogen-bond donors (Lipinski definition) is 1. The third-order valence-corrected chi connectivity index (χ3v) is 4.51. The Labute approximate surface area is 155 Å². The van der Waals surface area contributed by atoms with Gasteiger partial charge in [-0.15, -0.1) is 0 Å². The summed E-state index contributed by atoms with van der Waals surface area (Å²) in [5.74, 6) is -0.0822. The van der Waals surface area contributed by atoms with Crippen LogP contribution in [0.3, 0.4) is 0 Å². The van der Waals surface area contributed by atoms with Gasteiger partial charge in [-0.2, -0.15) is 0 Å². The lowest BCUT2D eigenvalue weighted by Crippen LogP contribution is -2.28. The summed E-state index contributed by atoms with van der Waals surface area (Å²) in [7, 11) is 0. The second kappa shape index (κ2) is 6.87. The molecule has 0 atom stereocenters. The van der Waals surface area contributed by atoms with E-state index in [-0.39, 0.29) is 11.6 Å². The van der Waals surface area contributed by atoms with E-state index >= 15 is 0 Å². The highest BCUT2D eigenvalue weighted by atomic mass is 16.6. The van der Waals surface area contributed by atoms with Gasteiger partial charge in [-0.1, -0.05) is 12.1 Å². The van der Waals surface area contributed by atoms with Gasteiger partial charge in [-0.25, -0.2) is 0 Å². The number of carbonyl (C=O) groups is 1. The summed E-state index contributed by atoms with van der Waals surface area (Å²) in [6, 6.07) is 15.6. The standard InChI is InChI=1S/C20H16N4O3/c25-20(15-4-3-10-21-13-15)23-11-9-14-12-16(7-8-18(14)23)22-17-5-1-2-6-19(17)24(26)27/h1-8,10,12-13,22H,9,11H2. The third-order valence-electron chi connectivity index (χ3n) is 4.51. The molecule has 0 bridgehead atoms. The summed E-state index contributed by atoms with van der Waals surface area (Å²) in [5.41, 5.74) is 3.63. The zero-order valence-corrected chi connectivity index (χ0v) is 14.3. The molecule has 134 valence electrons. The number of amides is 1. The number of nitrogens with zero attached hydrogens (tertiary/aromatic N) is 3. The van der Waals surface area contributed by atoms with Gasteiger partial charge in [0.25, 0.3) is 11.6 Å². The van der Waals surface area contributed by atoms with Crippen LogP contribution in [0.5, 0.6) is 0 Å². The minimum absolute atomic E-state index is 0.0198. The Bertz CT molecular complexity index is 1020. The molecule has 1 aliphatic rings. The Kier molecular flexibility index (Phi) is 4.25. The molecule has 1 amide bonds. The average Bonchev–Trinajstić information content (AvgIpc) is 3.11. The Morgan fingerprint density at radius 3 is 2.78 bits per heavy atom. The van der Waals surface area contributed by atoms with Crippen LogP contribution in [0.25, 0.3) is 0 Å². The predicted octanol–water partition coefficient (Wildman–Crippen LogP) is 3.94. The molecule has 0 saturated heterocycles. The molecule has 0 unspecified atom stereocenters. The summed E-state index contributed by atoms with van der Waals surface area (Å²) in [6.07, 6.45) is 3.92. The highest BCUT2D eigenvalue weighted by molar-refractivity contribution is 6.07. The van der Waals surface area contributed by atoms with Gasteiger partial charge in [0.05, 0.1) is 10.5 Å². The number of fused-ring (bicyclic) bond motifs is 1. The van der Waals surface area contributed by atoms with Crippen LogP contribution in [0.15, 0.2) is 67.0 Å². The normalized spacial score (nSPS) is 12.5. The first kappa shape index (κ1) is 16.7. The molecule has 0 saturated carbocycles. The second-order valence-corrected chi connectivity index (χ2v) is 6.19. The van der Waals surface area contributed by atoms with Gasteiger partial charge in [0.1, 0.15) is 5.69 Å². The van der Waals surface area contributed by atoms with Crippen LogP contribution >= 0.6 is 0 Å². The zero-order chi connectivity index (χ0) is 18.8. The number of pyridine rings is 1. The molecule has 3 aromatic rings. The Morgan fingerprint density at radius 1 is 1.15 bits per heavy atom. The van der Waals surface area contributed by atoms with Gasteiger partial charge in [-0.05, 0) is 48.4 Å². The number of rotatable bonds is 4. The van der Waals surface area contributed by atoms with Crippen molar-refractivity contribution < 1.29 is 9.72 Å². The second-order valence-electron chi connectivity index (χ2n) is 6.19. The molecule has 0 radical (unpaired) electrons. The average molecular weight is 360 g/mol. The van der Waals surface area contributed by atoms with Crippen LogP contribution in [-0.2, 0) is 6.42 Å². The fraction of sp³-hybridized carbons (Fsp3) is 0.100. The molecule has 1 aromatic heterocycles. The van der Waals surface area contributed by atoms with Gasteiger partial charge in [0.2, 0.25) is 0 Å². The number of aromatic nitrogens is 1. The van der Waals surface area contributed by atoms with E-state index in [0.29, 0.717) is 17.8 Å². The van der Waals surface area contributed by atoms with E-state index in [0.717, 1.165) is 23.4 Å². The van der Waals surface area contributed by atoms with Crippen LogP contribution in [-0.4, -0.2) is 22.4 Å². The highest BCUT2D eigenvalue weighted by Crippen LogP contribution is 2.34. The summed E-state index contributed by atoms with van der Waals surface area (Å²) >= 11 is 0. The number of para-hydroxylation sites is 2. The Morgan fingerprint density at radius 2 is 2.00 bits per heavy atom. The molecule has 7 nitrogen and oxygen atoms in total. The van der Waals surface area contributed by atoms with Crippen molar-refractivity contribution in [2.45, 2.75) is 6.42 Å². The first-order chi connectivity index (χ1) is 13.1. The fourth-order valence-corrected chi connectivity index (χ4v) is 3.23. The smallest absolute Gasteiger partial charge is 0.292 e. The van der Waals surface area contributed by atoms with Crippen LogP contribution in [0.1, 0.15) is 15.9 Å². The summed E-state index contributed by atoms with van der Waals surface area (Å²) in [5, 5.41) is 14.3. The van der Waals surface area contributed by atoms with E-state index in [1.165, 1.54) is 6.07 Å². The van der Waals surface area contributed by atoms with Crippen molar-refractivity contribution in [3.63, 3.8) is 0 Å². The first-order valence-electron chi connectivity index (χ1n) is 8.49. The van der Waals surface area contributed by atoms with Gasteiger partial charge in [0, 0.05) is 36.4 Å².